The van der Waals surface area contributed by atoms with Crippen LogP contribution in [-0.2, 0) is 11.3 Å². The first-order valence-electron chi connectivity index (χ1n) is 5.40. The highest BCUT2D eigenvalue weighted by Gasteiger charge is 2.19. The van der Waals surface area contributed by atoms with Gasteiger partial charge in [-0.05, 0) is 24.4 Å². The summed E-state index contributed by atoms with van der Waals surface area (Å²) in [5, 5.41) is 3.40. The number of ether oxygens (including phenoxy) is 1. The number of halogens is 1. The van der Waals surface area contributed by atoms with Crippen LogP contribution in [0.4, 0.5) is 0 Å². The molecule has 0 amide bonds. The highest BCUT2D eigenvalue weighted by molar-refractivity contribution is 6.67. The summed E-state index contributed by atoms with van der Waals surface area (Å²) in [7, 11) is 0. The van der Waals surface area contributed by atoms with Crippen molar-refractivity contribution in [1.82, 2.24) is 9.78 Å². The normalized spacial score (nSPS) is 10.6. The van der Waals surface area contributed by atoms with E-state index in [9.17, 15) is 9.59 Å². The molecule has 0 fully saturated rings. The fraction of sp³-hybridized carbons (Fsp3) is 0.545. The quantitative estimate of drug-likeness (QED) is 0.599. The van der Waals surface area contributed by atoms with E-state index in [-0.39, 0.29) is 18.0 Å². The Morgan fingerprint density at radius 3 is 2.65 bits per heavy atom. The second-order valence-corrected chi connectivity index (χ2v) is 4.33. The number of hydrogen-bond donors (Lipinski definition) is 0. The van der Waals surface area contributed by atoms with Crippen molar-refractivity contribution in [3.8, 4) is 0 Å². The van der Waals surface area contributed by atoms with Crippen molar-refractivity contribution < 1.29 is 14.3 Å². The molecule has 5 nitrogen and oxygen atoms in total. The summed E-state index contributed by atoms with van der Waals surface area (Å²) in [6.45, 7) is 6.45. The number of hydrogen-bond acceptors (Lipinski definition) is 4. The minimum atomic E-state index is -0.631. The molecule has 0 aromatic carbocycles. The average Bonchev–Trinajstić information content (AvgIpc) is 2.61. The number of nitrogens with zero attached hydrogens (tertiary/aromatic N) is 2. The van der Waals surface area contributed by atoms with Crippen molar-refractivity contribution in [2.24, 2.45) is 5.92 Å². The molecular weight excluding hydrogens is 244 g/mol. The average molecular weight is 259 g/mol. The third-order valence-corrected chi connectivity index (χ3v) is 2.20. The SMILES string of the molecule is CCOC(=O)c1cc(C(=O)Cl)n(CC(C)C)n1. The predicted molar refractivity (Wildman–Crippen MR) is 63.2 cm³/mol. The van der Waals surface area contributed by atoms with Crippen LogP contribution < -0.4 is 0 Å². The molecule has 6 heteroatoms. The summed E-state index contributed by atoms with van der Waals surface area (Å²) in [4.78, 5) is 22.7. The van der Waals surface area contributed by atoms with Crippen molar-refractivity contribution >= 4 is 22.8 Å². The molecule has 0 aliphatic carbocycles. The van der Waals surface area contributed by atoms with Crippen LogP contribution >= 0.6 is 11.6 Å². The zero-order valence-corrected chi connectivity index (χ0v) is 10.8. The van der Waals surface area contributed by atoms with Crippen LogP contribution in [0, 0.1) is 5.92 Å². The minimum Gasteiger partial charge on any atom is -0.461 e. The molecule has 17 heavy (non-hydrogen) atoms. The van der Waals surface area contributed by atoms with E-state index in [2.05, 4.69) is 5.10 Å². The van der Waals surface area contributed by atoms with E-state index in [1.807, 2.05) is 13.8 Å². The second-order valence-electron chi connectivity index (χ2n) is 3.98. The predicted octanol–water partition coefficient (Wildman–Crippen LogP) is 2.09. The van der Waals surface area contributed by atoms with Crippen LogP contribution in [0.15, 0.2) is 6.07 Å². The molecule has 0 saturated carbocycles. The highest BCUT2D eigenvalue weighted by atomic mass is 35.5. The number of esters is 1. The smallest absolute Gasteiger partial charge is 0.358 e. The van der Waals surface area contributed by atoms with E-state index in [0.29, 0.717) is 12.5 Å². The Kier molecular flexibility index (Phi) is 4.69. The third kappa shape index (κ3) is 3.56. The molecule has 0 N–H and O–H groups in total. The summed E-state index contributed by atoms with van der Waals surface area (Å²) < 4.78 is 6.25. The lowest BCUT2D eigenvalue weighted by Gasteiger charge is -2.06. The highest BCUT2D eigenvalue weighted by Crippen LogP contribution is 2.11. The Morgan fingerprint density at radius 1 is 1.53 bits per heavy atom. The van der Waals surface area contributed by atoms with Crippen LogP contribution in [0.3, 0.4) is 0 Å². The molecule has 0 aliphatic rings. The molecule has 0 radical (unpaired) electrons. The van der Waals surface area contributed by atoms with Gasteiger partial charge in [-0.2, -0.15) is 5.10 Å². The Morgan fingerprint density at radius 2 is 2.18 bits per heavy atom. The molecule has 0 spiro atoms. The van der Waals surface area contributed by atoms with Gasteiger partial charge in [0.2, 0.25) is 0 Å². The molecule has 0 unspecified atom stereocenters. The van der Waals surface area contributed by atoms with E-state index < -0.39 is 11.2 Å². The fourth-order valence-corrected chi connectivity index (χ4v) is 1.52. The summed E-state index contributed by atoms with van der Waals surface area (Å²) in [6, 6.07) is 1.36. The van der Waals surface area contributed by atoms with Crippen molar-refractivity contribution in [1.29, 1.82) is 0 Å². The molecule has 1 aromatic heterocycles. The van der Waals surface area contributed by atoms with Crippen LogP contribution in [-0.4, -0.2) is 27.6 Å². The van der Waals surface area contributed by atoms with Crippen molar-refractivity contribution in [2.45, 2.75) is 27.3 Å². The van der Waals surface area contributed by atoms with Gasteiger partial charge in [0, 0.05) is 12.6 Å². The first-order chi connectivity index (χ1) is 7.95. The first kappa shape index (κ1) is 13.7. The molecule has 94 valence electrons. The minimum absolute atomic E-state index is 0.108. The summed E-state index contributed by atoms with van der Waals surface area (Å²) in [5.74, 6) is -0.256. The fourth-order valence-electron chi connectivity index (χ4n) is 1.36. The monoisotopic (exact) mass is 258 g/mol. The maximum atomic E-state index is 11.5. The third-order valence-electron chi connectivity index (χ3n) is 2.00. The largest absolute Gasteiger partial charge is 0.461 e. The Labute approximate surface area is 105 Å². The number of carbonyl (C=O) groups excluding carboxylic acids is 2. The first-order valence-corrected chi connectivity index (χ1v) is 5.78. The maximum absolute atomic E-state index is 11.5. The maximum Gasteiger partial charge on any atom is 0.358 e. The zero-order chi connectivity index (χ0) is 13.0. The Hall–Kier alpha value is -1.36. The van der Waals surface area contributed by atoms with Crippen LogP contribution in [0.5, 0.6) is 0 Å². The zero-order valence-electron chi connectivity index (χ0n) is 10.1. The van der Waals surface area contributed by atoms with Gasteiger partial charge in [0.15, 0.2) is 5.69 Å². The molecule has 1 rings (SSSR count). The molecule has 1 heterocycles. The van der Waals surface area contributed by atoms with Gasteiger partial charge in [-0.1, -0.05) is 13.8 Å². The summed E-state index contributed by atoms with van der Waals surface area (Å²) in [5.41, 5.74) is 0.319. The van der Waals surface area contributed by atoms with Crippen LogP contribution in [0.25, 0.3) is 0 Å². The number of rotatable bonds is 5. The second kappa shape index (κ2) is 5.82. The lowest BCUT2D eigenvalue weighted by atomic mass is 10.2. The lowest BCUT2D eigenvalue weighted by molar-refractivity contribution is 0.0518. The van der Waals surface area contributed by atoms with Crippen molar-refractivity contribution in [2.75, 3.05) is 6.61 Å². The lowest BCUT2D eigenvalue weighted by Crippen LogP contribution is -2.12. The van der Waals surface area contributed by atoms with Gasteiger partial charge in [0.1, 0.15) is 5.69 Å². The molecule has 0 bridgehead atoms. The van der Waals surface area contributed by atoms with Crippen molar-refractivity contribution in [3.05, 3.63) is 17.5 Å². The van der Waals surface area contributed by atoms with Gasteiger partial charge < -0.3 is 4.74 Å². The van der Waals surface area contributed by atoms with Gasteiger partial charge >= 0.3 is 5.97 Å². The number of carbonyl (C=O) groups is 2. The van der Waals surface area contributed by atoms with Gasteiger partial charge in [-0.25, -0.2) is 4.79 Å². The standard InChI is InChI=1S/C11H15ClN2O3/c1-4-17-11(16)8-5-9(10(12)15)14(13-8)6-7(2)3/h5,7H,4,6H2,1-3H3. The van der Waals surface area contributed by atoms with Crippen LogP contribution in [0.1, 0.15) is 41.7 Å². The van der Waals surface area contributed by atoms with Gasteiger partial charge in [0.05, 0.1) is 6.61 Å². The van der Waals surface area contributed by atoms with E-state index in [0.717, 1.165) is 0 Å². The van der Waals surface area contributed by atoms with E-state index in [4.69, 9.17) is 16.3 Å². The molecule has 0 atom stereocenters. The molecule has 1 aromatic rings. The van der Waals surface area contributed by atoms with Gasteiger partial charge in [-0.3, -0.25) is 9.48 Å². The van der Waals surface area contributed by atoms with Gasteiger partial charge in [-0.15, -0.1) is 0 Å². The Bertz CT molecular complexity index is 426. The van der Waals surface area contributed by atoms with E-state index in [1.54, 1.807) is 6.92 Å². The molecular formula is C11H15ClN2O3. The molecule has 0 aliphatic heterocycles. The topological polar surface area (TPSA) is 61.2 Å². The molecule has 0 saturated heterocycles. The van der Waals surface area contributed by atoms with Gasteiger partial charge in [0.25, 0.3) is 5.24 Å². The summed E-state index contributed by atoms with van der Waals surface area (Å²) in [6.07, 6.45) is 0. The van der Waals surface area contributed by atoms with E-state index >= 15 is 0 Å². The Balaban J connectivity index is 3.03. The van der Waals surface area contributed by atoms with Crippen molar-refractivity contribution in [3.63, 3.8) is 0 Å². The number of aromatic nitrogens is 2. The van der Waals surface area contributed by atoms with Crippen LogP contribution in [0.2, 0.25) is 0 Å². The van der Waals surface area contributed by atoms with E-state index in [1.165, 1.54) is 10.7 Å². The summed E-state index contributed by atoms with van der Waals surface area (Å²) >= 11 is 5.44.